The molecular formula is C28H27N2O2. The first-order valence-electron chi connectivity index (χ1n) is 11.0. The Hall–Kier alpha value is -3.66. The number of hydrogen-bond acceptors (Lipinski definition) is 4. The molecule has 2 heterocycles. The van der Waals surface area contributed by atoms with Crippen LogP contribution in [0.3, 0.4) is 0 Å². The molecule has 0 fully saturated rings. The first kappa shape index (κ1) is 21.6. The van der Waals surface area contributed by atoms with Crippen molar-refractivity contribution in [2.45, 2.75) is 19.3 Å². The molecule has 161 valence electrons. The minimum Gasteiger partial charge on any atom is -0.494 e. The highest BCUT2D eigenvalue weighted by Crippen LogP contribution is 2.24. The van der Waals surface area contributed by atoms with E-state index in [-0.39, 0.29) is 0 Å². The Morgan fingerprint density at radius 1 is 0.594 bits per heavy atom. The Bertz CT molecular complexity index is 996. The van der Waals surface area contributed by atoms with E-state index in [1.807, 2.05) is 48.8 Å². The van der Waals surface area contributed by atoms with Gasteiger partial charge in [-0.15, -0.1) is 0 Å². The lowest BCUT2D eigenvalue weighted by atomic mass is 10.1. The highest BCUT2D eigenvalue weighted by atomic mass is 16.5. The van der Waals surface area contributed by atoms with E-state index >= 15 is 0 Å². The first-order chi connectivity index (χ1) is 15.9. The van der Waals surface area contributed by atoms with Gasteiger partial charge in [0, 0.05) is 35.9 Å². The van der Waals surface area contributed by atoms with Gasteiger partial charge in [-0.2, -0.15) is 0 Å². The van der Waals surface area contributed by atoms with Crippen LogP contribution >= 0.6 is 0 Å². The van der Waals surface area contributed by atoms with Crippen molar-refractivity contribution in [2.75, 3.05) is 13.2 Å². The van der Waals surface area contributed by atoms with Gasteiger partial charge in [-0.3, -0.25) is 9.97 Å². The van der Waals surface area contributed by atoms with E-state index in [1.165, 1.54) is 0 Å². The summed E-state index contributed by atoms with van der Waals surface area (Å²) in [5.41, 5.74) is 4.42. The van der Waals surface area contributed by atoms with Crippen molar-refractivity contribution in [3.8, 4) is 33.8 Å². The van der Waals surface area contributed by atoms with E-state index in [0.29, 0.717) is 13.2 Å². The first-order valence-corrected chi connectivity index (χ1v) is 11.0. The van der Waals surface area contributed by atoms with Gasteiger partial charge in [-0.05, 0) is 73.2 Å². The van der Waals surface area contributed by atoms with Gasteiger partial charge in [0.2, 0.25) is 0 Å². The molecule has 0 bridgehead atoms. The van der Waals surface area contributed by atoms with Crippen LogP contribution in [0.5, 0.6) is 11.5 Å². The largest absolute Gasteiger partial charge is 0.494 e. The minimum absolute atomic E-state index is 0.671. The summed E-state index contributed by atoms with van der Waals surface area (Å²) in [6.45, 7) is 1.37. The summed E-state index contributed by atoms with van der Waals surface area (Å²) in [7, 11) is 0. The standard InChI is InChI=1S/C28H27N2O2/c1(3-17-31-27-13-5-9-23(19-27)25-11-7-15-29-21-25)2-4-18-32-28-14-6-10-24(20-28)26-12-8-16-30-22-26/h1,5-16,19-22H,2-4,17-18H2. The van der Waals surface area contributed by atoms with Gasteiger partial charge in [-0.1, -0.05) is 36.4 Å². The monoisotopic (exact) mass is 423 g/mol. The molecule has 32 heavy (non-hydrogen) atoms. The lowest BCUT2D eigenvalue weighted by Gasteiger charge is -2.09. The van der Waals surface area contributed by atoms with Crippen LogP contribution in [0, 0.1) is 6.42 Å². The van der Waals surface area contributed by atoms with Crippen molar-refractivity contribution in [3.05, 3.63) is 104 Å². The van der Waals surface area contributed by atoms with Crippen molar-refractivity contribution in [1.82, 2.24) is 9.97 Å². The van der Waals surface area contributed by atoms with Gasteiger partial charge in [0.15, 0.2) is 0 Å². The Kier molecular flexibility index (Phi) is 7.86. The van der Waals surface area contributed by atoms with Crippen LogP contribution in [0.25, 0.3) is 22.3 Å². The molecule has 0 unspecified atom stereocenters. The maximum Gasteiger partial charge on any atom is 0.119 e. The SMILES string of the molecule is [CH](CCCOc1cccc(-c2cccnc2)c1)CCOc1cccc(-c2cccnc2)c1. The van der Waals surface area contributed by atoms with Crippen LogP contribution in [0.15, 0.2) is 97.6 Å². The van der Waals surface area contributed by atoms with Gasteiger partial charge < -0.3 is 9.47 Å². The smallest absolute Gasteiger partial charge is 0.119 e. The van der Waals surface area contributed by atoms with Crippen LogP contribution in [-0.4, -0.2) is 23.2 Å². The molecule has 4 aromatic rings. The normalized spacial score (nSPS) is 10.6. The second-order valence-electron chi connectivity index (χ2n) is 7.46. The molecule has 4 nitrogen and oxygen atoms in total. The fraction of sp³-hybridized carbons (Fsp3) is 0.179. The van der Waals surface area contributed by atoms with Crippen molar-refractivity contribution in [2.24, 2.45) is 0 Å². The van der Waals surface area contributed by atoms with Crippen LogP contribution in [0.2, 0.25) is 0 Å². The number of aromatic nitrogens is 2. The third-order valence-electron chi connectivity index (χ3n) is 5.07. The molecule has 0 saturated heterocycles. The van der Waals surface area contributed by atoms with Crippen LogP contribution in [-0.2, 0) is 0 Å². The van der Waals surface area contributed by atoms with Crippen molar-refractivity contribution >= 4 is 0 Å². The van der Waals surface area contributed by atoms with Crippen molar-refractivity contribution in [1.29, 1.82) is 0 Å². The van der Waals surface area contributed by atoms with E-state index in [9.17, 15) is 0 Å². The lowest BCUT2D eigenvalue weighted by Crippen LogP contribution is -2.00. The molecule has 0 aliphatic carbocycles. The average Bonchev–Trinajstić information content (AvgIpc) is 2.87. The molecule has 0 aliphatic heterocycles. The molecular weight excluding hydrogens is 396 g/mol. The molecule has 0 N–H and O–H groups in total. The molecule has 0 amide bonds. The van der Waals surface area contributed by atoms with Crippen LogP contribution in [0.1, 0.15) is 19.3 Å². The van der Waals surface area contributed by atoms with E-state index in [0.717, 1.165) is 53.0 Å². The summed E-state index contributed by atoms with van der Waals surface area (Å²) in [6, 6.07) is 24.3. The van der Waals surface area contributed by atoms with Gasteiger partial charge in [-0.25, -0.2) is 0 Å². The Morgan fingerprint density at radius 3 is 1.72 bits per heavy atom. The van der Waals surface area contributed by atoms with Crippen molar-refractivity contribution < 1.29 is 9.47 Å². The zero-order valence-corrected chi connectivity index (χ0v) is 18.1. The molecule has 0 aliphatic rings. The van der Waals surface area contributed by atoms with Crippen LogP contribution < -0.4 is 9.47 Å². The number of nitrogens with zero attached hydrogens (tertiary/aromatic N) is 2. The third-order valence-corrected chi connectivity index (χ3v) is 5.07. The fourth-order valence-electron chi connectivity index (χ4n) is 3.42. The molecule has 0 saturated carbocycles. The predicted octanol–water partition coefficient (Wildman–Crippen LogP) is 6.64. The predicted molar refractivity (Wildman–Crippen MR) is 128 cm³/mol. The lowest BCUT2D eigenvalue weighted by molar-refractivity contribution is 0.302. The highest BCUT2D eigenvalue weighted by Gasteiger charge is 2.02. The topological polar surface area (TPSA) is 44.2 Å². The Labute approximate surface area is 189 Å². The number of unbranched alkanes of at least 4 members (excludes halogenated alkanes) is 3. The molecule has 0 spiro atoms. The maximum atomic E-state index is 5.92. The van der Waals surface area contributed by atoms with Gasteiger partial charge in [0.1, 0.15) is 11.5 Å². The number of pyridine rings is 2. The van der Waals surface area contributed by atoms with E-state index in [1.54, 1.807) is 12.4 Å². The number of hydrogen-bond donors (Lipinski definition) is 0. The summed E-state index contributed by atoms with van der Waals surface area (Å²) in [5.74, 6) is 1.78. The van der Waals surface area contributed by atoms with E-state index in [4.69, 9.17) is 9.47 Å². The molecule has 1 radical (unpaired) electrons. The summed E-state index contributed by atoms with van der Waals surface area (Å²) in [5, 5.41) is 0. The average molecular weight is 424 g/mol. The van der Waals surface area contributed by atoms with Gasteiger partial charge >= 0.3 is 0 Å². The maximum absolute atomic E-state index is 5.92. The van der Waals surface area contributed by atoms with E-state index in [2.05, 4.69) is 52.8 Å². The number of benzene rings is 2. The fourth-order valence-corrected chi connectivity index (χ4v) is 3.42. The molecule has 4 heteroatoms. The van der Waals surface area contributed by atoms with Gasteiger partial charge in [0.25, 0.3) is 0 Å². The summed E-state index contributed by atoms with van der Waals surface area (Å²) in [4.78, 5) is 8.36. The number of rotatable bonds is 11. The minimum atomic E-state index is 0.671. The van der Waals surface area contributed by atoms with Crippen LogP contribution in [0.4, 0.5) is 0 Å². The van der Waals surface area contributed by atoms with E-state index < -0.39 is 0 Å². The van der Waals surface area contributed by atoms with Crippen molar-refractivity contribution in [3.63, 3.8) is 0 Å². The summed E-state index contributed by atoms with van der Waals surface area (Å²) in [6.07, 6.45) is 12.5. The molecule has 4 rings (SSSR count). The molecule has 2 aromatic heterocycles. The van der Waals surface area contributed by atoms with Gasteiger partial charge in [0.05, 0.1) is 13.2 Å². The quantitative estimate of drug-likeness (QED) is 0.254. The zero-order chi connectivity index (χ0) is 21.8. The third kappa shape index (κ3) is 6.42. The zero-order valence-electron chi connectivity index (χ0n) is 18.1. The summed E-state index contributed by atoms with van der Waals surface area (Å²) >= 11 is 0. The molecule has 2 aromatic carbocycles. The second kappa shape index (κ2) is 11.7. The Balaban J connectivity index is 1.12. The second-order valence-corrected chi connectivity index (χ2v) is 7.46. The highest BCUT2D eigenvalue weighted by molar-refractivity contribution is 5.64. The number of ether oxygens (including phenoxy) is 2. The Morgan fingerprint density at radius 2 is 1.16 bits per heavy atom. The molecule has 0 atom stereocenters. The summed E-state index contributed by atoms with van der Waals surface area (Å²) < 4.78 is 11.8.